The lowest BCUT2D eigenvalue weighted by Crippen LogP contribution is -2.62. The van der Waals surface area contributed by atoms with E-state index in [2.05, 4.69) is 0 Å². The molecule has 108 valence electrons. The molecule has 2 aromatic rings. The Kier molecular flexibility index (Phi) is 3.66. The average molecular weight is 305 g/mol. The second-order valence-corrected chi connectivity index (χ2v) is 5.55. The first kappa shape index (κ1) is 14.0. The molecule has 1 amide bonds. The second-order valence-electron chi connectivity index (χ2n) is 5.11. The molecular formula is C16H14ClFN2O. The molecule has 0 spiro atoms. The highest BCUT2D eigenvalue weighted by molar-refractivity contribution is 6.30. The largest absolute Gasteiger partial charge is 0.328 e. The Bertz CT molecular complexity index is 657. The third kappa shape index (κ3) is 2.64. The fourth-order valence-corrected chi connectivity index (χ4v) is 2.71. The first-order valence-corrected chi connectivity index (χ1v) is 7.00. The number of halogens is 2. The Labute approximate surface area is 127 Å². The summed E-state index contributed by atoms with van der Waals surface area (Å²) in [5, 5.41) is 0.642. The van der Waals surface area contributed by atoms with E-state index in [1.165, 1.54) is 12.1 Å². The van der Waals surface area contributed by atoms with E-state index in [1.54, 1.807) is 29.2 Å². The van der Waals surface area contributed by atoms with Gasteiger partial charge >= 0.3 is 0 Å². The quantitative estimate of drug-likeness (QED) is 0.886. The Balaban J connectivity index is 1.81. The number of likely N-dealkylation sites (tertiary alicyclic amines) is 1. The number of rotatable bonds is 3. The maximum Gasteiger partial charge on any atom is 0.242 e. The molecule has 0 radical (unpaired) electrons. The molecule has 3 nitrogen and oxygen atoms in total. The lowest BCUT2D eigenvalue weighted by molar-refractivity contribution is -0.150. The Hall–Kier alpha value is -1.91. The Morgan fingerprint density at radius 3 is 2.33 bits per heavy atom. The van der Waals surface area contributed by atoms with E-state index >= 15 is 0 Å². The predicted octanol–water partition coefficient (Wildman–Crippen LogP) is 2.89. The topological polar surface area (TPSA) is 46.3 Å². The molecule has 2 aromatic carbocycles. The fourth-order valence-electron chi connectivity index (χ4n) is 2.59. The van der Waals surface area contributed by atoms with Gasteiger partial charge in [-0.05, 0) is 35.4 Å². The maximum absolute atomic E-state index is 12.9. The molecule has 1 aliphatic heterocycles. The molecule has 0 unspecified atom stereocenters. The van der Waals surface area contributed by atoms with Crippen LogP contribution in [0.1, 0.15) is 17.2 Å². The Morgan fingerprint density at radius 2 is 1.71 bits per heavy atom. The van der Waals surface area contributed by atoms with Crippen LogP contribution < -0.4 is 5.73 Å². The zero-order valence-electron chi connectivity index (χ0n) is 11.2. The van der Waals surface area contributed by atoms with Gasteiger partial charge in [0.15, 0.2) is 0 Å². The summed E-state index contributed by atoms with van der Waals surface area (Å²) in [6.07, 6.45) is 0. The maximum atomic E-state index is 12.9. The SMILES string of the molecule is N[C@@H]1C(=O)N(Cc2ccc(F)cc2)[C@H]1c1ccc(Cl)cc1. The van der Waals surface area contributed by atoms with Crippen LogP contribution in [0.2, 0.25) is 5.02 Å². The van der Waals surface area contributed by atoms with Gasteiger partial charge in [-0.3, -0.25) is 4.79 Å². The van der Waals surface area contributed by atoms with Crippen LogP contribution in [0.3, 0.4) is 0 Å². The first-order chi connectivity index (χ1) is 10.1. The van der Waals surface area contributed by atoms with Crippen LogP contribution in [0.5, 0.6) is 0 Å². The van der Waals surface area contributed by atoms with Crippen LogP contribution in [0.25, 0.3) is 0 Å². The van der Waals surface area contributed by atoms with E-state index < -0.39 is 6.04 Å². The monoisotopic (exact) mass is 304 g/mol. The summed E-state index contributed by atoms with van der Waals surface area (Å²) in [7, 11) is 0. The molecule has 0 bridgehead atoms. The number of nitrogens with two attached hydrogens (primary N) is 1. The summed E-state index contributed by atoms with van der Waals surface area (Å²) < 4.78 is 12.9. The molecule has 0 saturated carbocycles. The van der Waals surface area contributed by atoms with E-state index in [1.807, 2.05) is 12.1 Å². The highest BCUT2D eigenvalue weighted by Gasteiger charge is 2.45. The summed E-state index contributed by atoms with van der Waals surface area (Å²) >= 11 is 5.88. The van der Waals surface area contributed by atoms with Crippen LogP contribution in [0.15, 0.2) is 48.5 Å². The predicted molar refractivity (Wildman–Crippen MR) is 79.1 cm³/mol. The van der Waals surface area contributed by atoms with Crippen LogP contribution in [0, 0.1) is 5.82 Å². The van der Waals surface area contributed by atoms with Crippen molar-refractivity contribution in [3.05, 3.63) is 70.5 Å². The van der Waals surface area contributed by atoms with Gasteiger partial charge in [0.1, 0.15) is 11.9 Å². The summed E-state index contributed by atoms with van der Waals surface area (Å²) in [5.41, 5.74) is 7.74. The molecule has 0 aliphatic carbocycles. The minimum Gasteiger partial charge on any atom is -0.328 e. The minimum atomic E-state index is -0.536. The van der Waals surface area contributed by atoms with Crippen molar-refractivity contribution in [2.45, 2.75) is 18.6 Å². The summed E-state index contributed by atoms with van der Waals surface area (Å²) in [4.78, 5) is 13.7. The molecule has 1 heterocycles. The van der Waals surface area contributed by atoms with Crippen LogP contribution in [0.4, 0.5) is 4.39 Å². The lowest BCUT2D eigenvalue weighted by Gasteiger charge is -2.45. The number of carbonyl (C=O) groups is 1. The van der Waals surface area contributed by atoms with E-state index in [0.717, 1.165) is 11.1 Å². The van der Waals surface area contributed by atoms with Gasteiger partial charge in [-0.25, -0.2) is 4.39 Å². The van der Waals surface area contributed by atoms with Crippen LogP contribution in [-0.2, 0) is 11.3 Å². The van der Waals surface area contributed by atoms with Crippen LogP contribution >= 0.6 is 11.6 Å². The highest BCUT2D eigenvalue weighted by Crippen LogP contribution is 2.35. The smallest absolute Gasteiger partial charge is 0.242 e. The number of carbonyl (C=O) groups excluding carboxylic acids is 1. The van der Waals surface area contributed by atoms with E-state index in [4.69, 9.17) is 17.3 Å². The summed E-state index contributed by atoms with van der Waals surface area (Å²) in [6, 6.07) is 12.7. The first-order valence-electron chi connectivity index (χ1n) is 6.62. The van der Waals surface area contributed by atoms with Crippen molar-refractivity contribution in [1.82, 2.24) is 4.90 Å². The fraction of sp³-hybridized carbons (Fsp3) is 0.188. The number of hydrogen-bond acceptors (Lipinski definition) is 2. The standard InChI is InChI=1S/C16H14ClFN2O/c17-12-5-3-11(4-6-12)15-14(19)16(21)20(15)9-10-1-7-13(18)8-2-10/h1-8,14-15H,9,19H2/t14-,15-/m0/s1. The van der Waals surface area contributed by atoms with Gasteiger partial charge in [0.25, 0.3) is 0 Å². The molecule has 0 aromatic heterocycles. The zero-order valence-corrected chi connectivity index (χ0v) is 11.9. The third-order valence-electron chi connectivity index (χ3n) is 3.72. The number of nitrogens with zero attached hydrogens (tertiary/aromatic N) is 1. The van der Waals surface area contributed by atoms with Crippen molar-refractivity contribution < 1.29 is 9.18 Å². The molecular weight excluding hydrogens is 291 g/mol. The highest BCUT2D eigenvalue weighted by atomic mass is 35.5. The average Bonchev–Trinajstić information content (AvgIpc) is 2.50. The molecule has 5 heteroatoms. The van der Waals surface area contributed by atoms with Crippen molar-refractivity contribution in [1.29, 1.82) is 0 Å². The second kappa shape index (κ2) is 5.47. The Morgan fingerprint density at radius 1 is 1.10 bits per heavy atom. The van der Waals surface area contributed by atoms with Crippen molar-refractivity contribution in [2.75, 3.05) is 0 Å². The number of benzene rings is 2. The van der Waals surface area contributed by atoms with Gasteiger partial charge in [-0.1, -0.05) is 35.9 Å². The number of hydrogen-bond donors (Lipinski definition) is 1. The molecule has 3 rings (SSSR count). The number of amides is 1. The molecule has 1 saturated heterocycles. The van der Waals surface area contributed by atoms with Gasteiger partial charge in [0.05, 0.1) is 6.04 Å². The molecule has 2 N–H and O–H groups in total. The van der Waals surface area contributed by atoms with Gasteiger partial charge < -0.3 is 10.6 Å². The third-order valence-corrected chi connectivity index (χ3v) is 3.97. The van der Waals surface area contributed by atoms with Gasteiger partial charge in [0.2, 0.25) is 5.91 Å². The molecule has 2 atom stereocenters. The number of β-lactam (4-membered cyclic amide) rings is 1. The van der Waals surface area contributed by atoms with Crippen molar-refractivity contribution >= 4 is 17.5 Å². The van der Waals surface area contributed by atoms with Crippen molar-refractivity contribution in [3.8, 4) is 0 Å². The van der Waals surface area contributed by atoms with Crippen LogP contribution in [-0.4, -0.2) is 16.8 Å². The van der Waals surface area contributed by atoms with Gasteiger partial charge in [0, 0.05) is 11.6 Å². The zero-order chi connectivity index (χ0) is 15.0. The van der Waals surface area contributed by atoms with Gasteiger partial charge in [-0.2, -0.15) is 0 Å². The molecule has 1 fully saturated rings. The summed E-state index contributed by atoms with van der Waals surface area (Å²) in [6.45, 7) is 0.417. The lowest BCUT2D eigenvalue weighted by atomic mass is 9.88. The minimum absolute atomic E-state index is 0.0979. The van der Waals surface area contributed by atoms with E-state index in [0.29, 0.717) is 11.6 Å². The molecule has 1 aliphatic rings. The normalized spacial score (nSPS) is 21.3. The molecule has 21 heavy (non-hydrogen) atoms. The van der Waals surface area contributed by atoms with E-state index in [-0.39, 0.29) is 17.8 Å². The van der Waals surface area contributed by atoms with Gasteiger partial charge in [-0.15, -0.1) is 0 Å². The van der Waals surface area contributed by atoms with Crippen molar-refractivity contribution in [3.63, 3.8) is 0 Å². The van der Waals surface area contributed by atoms with E-state index in [9.17, 15) is 9.18 Å². The van der Waals surface area contributed by atoms with Crippen molar-refractivity contribution in [2.24, 2.45) is 5.73 Å². The summed E-state index contributed by atoms with van der Waals surface area (Å²) in [5.74, 6) is -0.390.